The third-order valence-corrected chi connectivity index (χ3v) is 4.38. The first kappa shape index (κ1) is 12.8. The van der Waals surface area contributed by atoms with E-state index < -0.39 is 0 Å². The highest BCUT2D eigenvalue weighted by atomic mass is 127. The van der Waals surface area contributed by atoms with Gasteiger partial charge < -0.3 is 4.74 Å². The van der Waals surface area contributed by atoms with E-state index in [9.17, 15) is 0 Å². The number of hydrogen-bond acceptors (Lipinski definition) is 4. The molecule has 1 aromatic rings. The van der Waals surface area contributed by atoms with Crippen LogP contribution in [0.25, 0.3) is 0 Å². The van der Waals surface area contributed by atoms with Gasteiger partial charge in [-0.05, 0) is 34.2 Å². The lowest BCUT2D eigenvalue weighted by Gasteiger charge is -2.42. The van der Waals surface area contributed by atoms with Crippen molar-refractivity contribution in [2.24, 2.45) is 0 Å². The summed E-state index contributed by atoms with van der Waals surface area (Å²) in [4.78, 5) is 9.42. The van der Waals surface area contributed by atoms with Gasteiger partial charge in [0.25, 0.3) is 0 Å². The highest BCUT2D eigenvalue weighted by Crippen LogP contribution is 2.15. The molecule has 2 aliphatic heterocycles. The maximum absolute atomic E-state index is 5.26. The van der Waals surface area contributed by atoms with Crippen LogP contribution in [0.3, 0.4) is 0 Å². The SMILES string of the molecule is Ic1ccc(CN2CCN(C3COC3)CC2)cn1. The van der Waals surface area contributed by atoms with Gasteiger partial charge in [-0.15, -0.1) is 0 Å². The van der Waals surface area contributed by atoms with E-state index >= 15 is 0 Å². The Morgan fingerprint density at radius 1 is 1.22 bits per heavy atom. The van der Waals surface area contributed by atoms with Crippen LogP contribution in [0.5, 0.6) is 0 Å². The van der Waals surface area contributed by atoms with Gasteiger partial charge in [0.1, 0.15) is 3.70 Å². The van der Waals surface area contributed by atoms with E-state index in [1.165, 1.54) is 18.7 Å². The molecule has 0 aromatic carbocycles. The number of nitrogens with zero attached hydrogens (tertiary/aromatic N) is 3. The van der Waals surface area contributed by atoms with E-state index in [1.807, 2.05) is 6.20 Å². The van der Waals surface area contributed by atoms with E-state index in [0.29, 0.717) is 6.04 Å². The molecule has 0 unspecified atom stereocenters. The number of ether oxygens (including phenoxy) is 1. The summed E-state index contributed by atoms with van der Waals surface area (Å²) >= 11 is 2.24. The molecule has 3 heterocycles. The molecule has 98 valence electrons. The van der Waals surface area contributed by atoms with Crippen molar-refractivity contribution in [1.29, 1.82) is 0 Å². The quantitative estimate of drug-likeness (QED) is 0.599. The molecule has 2 saturated heterocycles. The van der Waals surface area contributed by atoms with Crippen LogP contribution in [0.2, 0.25) is 0 Å². The highest BCUT2D eigenvalue weighted by Gasteiger charge is 2.28. The summed E-state index contributed by atoms with van der Waals surface area (Å²) < 4.78 is 6.32. The highest BCUT2D eigenvalue weighted by molar-refractivity contribution is 14.1. The maximum atomic E-state index is 5.26. The van der Waals surface area contributed by atoms with Gasteiger partial charge in [0.15, 0.2) is 0 Å². The molecule has 2 fully saturated rings. The first-order valence-corrected chi connectivity index (χ1v) is 7.54. The van der Waals surface area contributed by atoms with Crippen molar-refractivity contribution in [2.45, 2.75) is 12.6 Å². The average molecular weight is 359 g/mol. The number of hydrogen-bond donors (Lipinski definition) is 0. The smallest absolute Gasteiger partial charge is 0.101 e. The Morgan fingerprint density at radius 2 is 2.00 bits per heavy atom. The van der Waals surface area contributed by atoms with Crippen LogP contribution in [0.1, 0.15) is 5.56 Å². The largest absolute Gasteiger partial charge is 0.378 e. The van der Waals surface area contributed by atoms with Crippen LogP contribution in [0.4, 0.5) is 0 Å². The van der Waals surface area contributed by atoms with Crippen LogP contribution in [-0.2, 0) is 11.3 Å². The Labute approximate surface area is 121 Å². The standard InChI is InChI=1S/C13H18IN3O/c14-13-2-1-11(7-15-13)8-16-3-5-17(6-4-16)12-9-18-10-12/h1-2,7,12H,3-6,8-10H2. The van der Waals surface area contributed by atoms with E-state index in [0.717, 1.165) is 36.5 Å². The molecule has 0 saturated carbocycles. The third kappa shape index (κ3) is 3.01. The fourth-order valence-electron chi connectivity index (χ4n) is 2.48. The van der Waals surface area contributed by atoms with Crippen molar-refractivity contribution in [2.75, 3.05) is 39.4 Å². The fourth-order valence-corrected chi connectivity index (χ4v) is 2.80. The van der Waals surface area contributed by atoms with Crippen molar-refractivity contribution >= 4 is 22.6 Å². The second kappa shape index (κ2) is 5.81. The second-order valence-electron chi connectivity index (χ2n) is 4.99. The fraction of sp³-hybridized carbons (Fsp3) is 0.615. The Hall–Kier alpha value is -0.240. The first-order chi connectivity index (χ1) is 8.81. The van der Waals surface area contributed by atoms with Gasteiger partial charge in [0.2, 0.25) is 0 Å². The molecule has 0 spiro atoms. The summed E-state index contributed by atoms with van der Waals surface area (Å²) in [5, 5.41) is 0. The van der Waals surface area contributed by atoms with Crippen LogP contribution >= 0.6 is 22.6 Å². The minimum Gasteiger partial charge on any atom is -0.378 e. The molecule has 0 amide bonds. The summed E-state index contributed by atoms with van der Waals surface area (Å²) in [5.41, 5.74) is 1.32. The van der Waals surface area contributed by atoms with Crippen LogP contribution in [0, 0.1) is 3.70 Å². The van der Waals surface area contributed by atoms with Gasteiger partial charge in [-0.1, -0.05) is 6.07 Å². The molecule has 0 atom stereocenters. The molecule has 0 aliphatic carbocycles. The molecule has 5 heteroatoms. The van der Waals surface area contributed by atoms with Gasteiger partial charge in [-0.2, -0.15) is 0 Å². The lowest BCUT2D eigenvalue weighted by Crippen LogP contribution is -2.56. The molecule has 18 heavy (non-hydrogen) atoms. The van der Waals surface area contributed by atoms with Gasteiger partial charge in [-0.25, -0.2) is 0 Å². The van der Waals surface area contributed by atoms with Crippen LogP contribution in [-0.4, -0.2) is 60.2 Å². The van der Waals surface area contributed by atoms with Gasteiger partial charge >= 0.3 is 0 Å². The lowest BCUT2D eigenvalue weighted by molar-refractivity contribution is -0.0774. The number of aromatic nitrogens is 1. The maximum Gasteiger partial charge on any atom is 0.101 e. The van der Waals surface area contributed by atoms with Crippen LogP contribution < -0.4 is 0 Å². The zero-order chi connectivity index (χ0) is 12.4. The van der Waals surface area contributed by atoms with Crippen molar-refractivity contribution in [3.63, 3.8) is 0 Å². The number of pyridine rings is 1. The van der Waals surface area contributed by atoms with E-state index in [1.54, 1.807) is 0 Å². The molecule has 0 bridgehead atoms. The van der Waals surface area contributed by atoms with Gasteiger partial charge in [-0.3, -0.25) is 14.8 Å². The Balaban J connectivity index is 1.48. The normalized spacial score (nSPS) is 22.9. The lowest BCUT2D eigenvalue weighted by atomic mass is 10.1. The summed E-state index contributed by atoms with van der Waals surface area (Å²) in [7, 11) is 0. The zero-order valence-corrected chi connectivity index (χ0v) is 12.5. The molecule has 1 aromatic heterocycles. The third-order valence-electron chi connectivity index (χ3n) is 3.74. The molecule has 0 N–H and O–H groups in total. The van der Waals surface area contributed by atoms with E-state index in [-0.39, 0.29) is 0 Å². The Kier molecular flexibility index (Phi) is 4.13. The minimum atomic E-state index is 0.687. The van der Waals surface area contributed by atoms with Crippen molar-refractivity contribution < 1.29 is 4.74 Å². The van der Waals surface area contributed by atoms with Crippen molar-refractivity contribution in [1.82, 2.24) is 14.8 Å². The summed E-state index contributed by atoms with van der Waals surface area (Å²) in [5.74, 6) is 0. The molecule has 0 radical (unpaired) electrons. The van der Waals surface area contributed by atoms with Gasteiger partial charge in [0, 0.05) is 38.9 Å². The van der Waals surface area contributed by atoms with Crippen LogP contribution in [0.15, 0.2) is 18.3 Å². The molecular formula is C13H18IN3O. The van der Waals surface area contributed by atoms with Gasteiger partial charge in [0.05, 0.1) is 19.3 Å². The Morgan fingerprint density at radius 3 is 2.56 bits per heavy atom. The van der Waals surface area contributed by atoms with Crippen molar-refractivity contribution in [3.05, 3.63) is 27.6 Å². The number of piperazine rings is 1. The topological polar surface area (TPSA) is 28.6 Å². The zero-order valence-electron chi connectivity index (χ0n) is 10.4. The first-order valence-electron chi connectivity index (χ1n) is 6.46. The molecule has 4 nitrogen and oxygen atoms in total. The van der Waals surface area contributed by atoms with E-state index in [4.69, 9.17) is 4.74 Å². The van der Waals surface area contributed by atoms with Crippen molar-refractivity contribution in [3.8, 4) is 0 Å². The monoisotopic (exact) mass is 359 g/mol. The summed E-state index contributed by atoms with van der Waals surface area (Å²) in [6, 6.07) is 4.95. The summed E-state index contributed by atoms with van der Waals surface area (Å²) in [6.45, 7) is 7.55. The summed E-state index contributed by atoms with van der Waals surface area (Å²) in [6.07, 6.45) is 1.99. The van der Waals surface area contributed by atoms with E-state index in [2.05, 4.69) is 49.5 Å². The minimum absolute atomic E-state index is 0.687. The number of halogens is 1. The predicted molar refractivity (Wildman–Crippen MR) is 78.4 cm³/mol. The second-order valence-corrected chi connectivity index (χ2v) is 6.10. The molecular weight excluding hydrogens is 341 g/mol. The average Bonchev–Trinajstić information content (AvgIpc) is 2.32. The molecule has 3 rings (SSSR count). The predicted octanol–water partition coefficient (Wildman–Crippen LogP) is 1.20. The number of rotatable bonds is 3. The Bertz CT molecular complexity index is 386. The molecule has 2 aliphatic rings.